The Morgan fingerprint density at radius 1 is 1.11 bits per heavy atom. The molecule has 1 aliphatic rings. The summed E-state index contributed by atoms with van der Waals surface area (Å²) in [5.41, 5.74) is 9.27. The van der Waals surface area contributed by atoms with Gasteiger partial charge in [0.25, 0.3) is 0 Å². The molecule has 1 unspecified atom stereocenters. The lowest BCUT2D eigenvalue weighted by molar-refractivity contribution is 0.402. The van der Waals surface area contributed by atoms with Gasteiger partial charge in [-0.2, -0.15) is 0 Å². The summed E-state index contributed by atoms with van der Waals surface area (Å²) in [6.45, 7) is 0. The third kappa shape index (κ3) is 5.29. The zero-order valence-corrected chi connectivity index (χ0v) is 16.1. The zero-order valence-electron chi connectivity index (χ0n) is 15.3. The number of nitrogens with one attached hydrogen (secondary N) is 1. The van der Waals surface area contributed by atoms with Crippen LogP contribution in [0.3, 0.4) is 0 Å². The molecule has 3 atom stereocenters. The maximum Gasteiger partial charge on any atom is 0.223 e. The number of rotatable bonds is 3. The summed E-state index contributed by atoms with van der Waals surface area (Å²) in [4.78, 5) is 13.5. The van der Waals surface area contributed by atoms with Gasteiger partial charge in [0.05, 0.1) is 5.52 Å². The Balaban J connectivity index is 0.000000516. The molecule has 0 aliphatic heterocycles. The van der Waals surface area contributed by atoms with Crippen LogP contribution in [0.25, 0.3) is 22.0 Å². The third-order valence-corrected chi connectivity index (χ3v) is 4.71. The Morgan fingerprint density at radius 2 is 1.82 bits per heavy atom. The summed E-state index contributed by atoms with van der Waals surface area (Å²) in [5, 5.41) is 8.40. The Labute approximate surface area is 166 Å². The lowest BCUT2D eigenvalue weighted by Crippen LogP contribution is -2.42. The summed E-state index contributed by atoms with van der Waals surface area (Å²) >= 11 is -2.36. The molecular formula is C19H23N6O2S-. The van der Waals surface area contributed by atoms with Gasteiger partial charge in [0.2, 0.25) is 5.95 Å². The molecule has 1 fully saturated rings. The highest BCUT2D eigenvalue weighted by Crippen LogP contribution is 2.27. The fourth-order valence-corrected chi connectivity index (χ4v) is 3.36. The second kappa shape index (κ2) is 9.65. The smallest absolute Gasteiger partial charge is 0.223 e. The van der Waals surface area contributed by atoms with Crippen LogP contribution in [0.1, 0.15) is 25.7 Å². The Kier molecular flexibility index (Phi) is 6.99. The second-order valence-corrected chi connectivity index (χ2v) is 7.17. The monoisotopic (exact) mass is 399 g/mol. The van der Waals surface area contributed by atoms with Crippen LogP contribution in [-0.2, 0) is 11.3 Å². The van der Waals surface area contributed by atoms with Crippen molar-refractivity contribution in [3.05, 3.63) is 48.9 Å². The fraction of sp³-hybridized carbons (Fsp3) is 0.316. The van der Waals surface area contributed by atoms with E-state index >= 15 is 0 Å². The number of hydrogen-bond acceptors (Lipinski definition) is 7. The lowest BCUT2D eigenvalue weighted by atomic mass is 9.91. The molecule has 0 bridgehead atoms. The molecule has 2 aromatic heterocycles. The molecule has 4 rings (SSSR count). The molecular weight excluding hydrogens is 376 g/mol. The molecule has 0 radical (unpaired) electrons. The molecule has 2 heterocycles. The van der Waals surface area contributed by atoms with Gasteiger partial charge in [-0.15, -0.1) is 0 Å². The molecule has 28 heavy (non-hydrogen) atoms. The van der Waals surface area contributed by atoms with E-state index in [1.807, 2.05) is 30.6 Å². The van der Waals surface area contributed by atoms with Crippen LogP contribution in [-0.4, -0.2) is 35.8 Å². The average Bonchev–Trinajstić information content (AvgIpc) is 2.69. The fourth-order valence-electron chi connectivity index (χ4n) is 3.36. The van der Waals surface area contributed by atoms with E-state index in [-0.39, 0.29) is 12.1 Å². The van der Waals surface area contributed by atoms with Crippen molar-refractivity contribution in [1.29, 1.82) is 0 Å². The summed E-state index contributed by atoms with van der Waals surface area (Å²) in [5.74, 6) is 0.647. The molecule has 3 aromatic rings. The first-order valence-corrected chi connectivity index (χ1v) is 10.2. The van der Waals surface area contributed by atoms with Crippen molar-refractivity contribution in [3.63, 3.8) is 0 Å². The van der Waals surface area contributed by atoms with Gasteiger partial charge in [-0.25, -0.2) is 9.97 Å². The minimum absolute atomic E-state index is 0.170. The van der Waals surface area contributed by atoms with E-state index in [0.717, 1.165) is 34.9 Å². The number of nitrogens with zero attached hydrogens (tertiary/aromatic N) is 3. The maximum atomic E-state index is 8.78. The SMILES string of the molecule is NS(=O)[O-].N[C@H]1CCCC[C@H]1Nc1ncc2cncc(-c3ccccc3)c2n1. The highest BCUT2D eigenvalue weighted by atomic mass is 32.2. The Bertz CT molecular complexity index is 936. The van der Waals surface area contributed by atoms with E-state index in [0.29, 0.717) is 5.95 Å². The number of anilines is 1. The van der Waals surface area contributed by atoms with Crippen molar-refractivity contribution >= 4 is 28.1 Å². The standard InChI is InChI=1S/C19H21N5.H3NO2S/c20-16-8-4-5-9-17(16)23-19-22-11-14-10-21-12-15(18(14)24-19)13-6-2-1-3-7-13;1-4(2)3/h1-3,6-7,10-12,16-17H,4-5,8-9,20H2,(H,22,23,24);1H2,(H,2,3)/p-1/t16-,17+;/m0./s1. The molecule has 0 amide bonds. The van der Waals surface area contributed by atoms with E-state index in [2.05, 4.69) is 32.6 Å². The van der Waals surface area contributed by atoms with Gasteiger partial charge < -0.3 is 15.6 Å². The molecule has 0 saturated heterocycles. The molecule has 5 N–H and O–H groups in total. The molecule has 1 saturated carbocycles. The number of fused-ring (bicyclic) bond motifs is 1. The summed E-state index contributed by atoms with van der Waals surface area (Å²) in [6, 6.07) is 10.6. The van der Waals surface area contributed by atoms with E-state index in [4.69, 9.17) is 19.5 Å². The molecule has 0 spiro atoms. The Hall–Kier alpha value is -2.46. The van der Waals surface area contributed by atoms with Gasteiger partial charge in [-0.3, -0.25) is 14.3 Å². The van der Waals surface area contributed by atoms with Crippen molar-refractivity contribution in [2.45, 2.75) is 37.8 Å². The number of hydrogen-bond donors (Lipinski definition) is 3. The average molecular weight is 400 g/mol. The van der Waals surface area contributed by atoms with Gasteiger partial charge >= 0.3 is 0 Å². The van der Waals surface area contributed by atoms with Crippen LogP contribution < -0.4 is 16.2 Å². The van der Waals surface area contributed by atoms with E-state index in [9.17, 15) is 0 Å². The highest BCUT2D eigenvalue weighted by molar-refractivity contribution is 7.76. The first-order valence-electron chi connectivity index (χ1n) is 9.06. The summed E-state index contributed by atoms with van der Waals surface area (Å²) in [7, 11) is 0. The molecule has 1 aromatic carbocycles. The number of aromatic nitrogens is 3. The van der Waals surface area contributed by atoms with Crippen LogP contribution in [0.15, 0.2) is 48.9 Å². The van der Waals surface area contributed by atoms with Gasteiger partial charge in [0.15, 0.2) is 0 Å². The van der Waals surface area contributed by atoms with E-state index in [1.54, 1.807) is 6.20 Å². The number of nitrogens with two attached hydrogens (primary N) is 2. The van der Waals surface area contributed by atoms with Crippen molar-refractivity contribution < 1.29 is 8.76 Å². The van der Waals surface area contributed by atoms with Crippen LogP contribution >= 0.6 is 0 Å². The lowest BCUT2D eigenvalue weighted by Gasteiger charge is -2.29. The van der Waals surface area contributed by atoms with E-state index in [1.165, 1.54) is 12.8 Å². The third-order valence-electron chi connectivity index (χ3n) is 4.71. The molecule has 148 valence electrons. The quantitative estimate of drug-likeness (QED) is 0.572. The van der Waals surface area contributed by atoms with Crippen molar-refractivity contribution in [3.8, 4) is 11.1 Å². The second-order valence-electron chi connectivity index (χ2n) is 6.64. The molecule has 9 heteroatoms. The number of pyridine rings is 1. The minimum Gasteiger partial charge on any atom is -0.760 e. The predicted molar refractivity (Wildman–Crippen MR) is 110 cm³/mol. The van der Waals surface area contributed by atoms with Crippen LogP contribution in [0.5, 0.6) is 0 Å². The molecule has 1 aliphatic carbocycles. The maximum absolute atomic E-state index is 8.78. The first kappa shape index (κ1) is 20.3. The predicted octanol–water partition coefficient (Wildman–Crippen LogP) is 2.11. The Morgan fingerprint density at radius 3 is 2.54 bits per heavy atom. The van der Waals surface area contributed by atoms with Crippen molar-refractivity contribution in [2.75, 3.05) is 5.32 Å². The van der Waals surface area contributed by atoms with Crippen LogP contribution in [0.4, 0.5) is 5.95 Å². The van der Waals surface area contributed by atoms with Crippen LogP contribution in [0.2, 0.25) is 0 Å². The topological polar surface area (TPSA) is 143 Å². The minimum atomic E-state index is -2.36. The van der Waals surface area contributed by atoms with Crippen LogP contribution in [0, 0.1) is 0 Å². The molecule has 8 nitrogen and oxygen atoms in total. The normalized spacial score (nSPS) is 20.1. The number of benzene rings is 1. The van der Waals surface area contributed by atoms with Gasteiger partial charge in [0, 0.05) is 52.9 Å². The first-order chi connectivity index (χ1) is 13.5. The summed E-state index contributed by atoms with van der Waals surface area (Å²) in [6.07, 6.45) is 10.0. The zero-order chi connectivity index (χ0) is 19.9. The summed E-state index contributed by atoms with van der Waals surface area (Å²) < 4.78 is 17.6. The van der Waals surface area contributed by atoms with Crippen molar-refractivity contribution in [1.82, 2.24) is 15.0 Å². The van der Waals surface area contributed by atoms with Crippen molar-refractivity contribution in [2.24, 2.45) is 10.9 Å². The van der Waals surface area contributed by atoms with E-state index < -0.39 is 11.3 Å². The largest absolute Gasteiger partial charge is 0.760 e. The van der Waals surface area contributed by atoms with Gasteiger partial charge in [-0.05, 0) is 18.4 Å². The van der Waals surface area contributed by atoms with Gasteiger partial charge in [0.1, 0.15) is 0 Å². The van der Waals surface area contributed by atoms with Gasteiger partial charge in [-0.1, -0.05) is 43.2 Å². The highest BCUT2D eigenvalue weighted by Gasteiger charge is 2.22.